The Labute approximate surface area is 193 Å². The number of rotatable bonds is 8. The number of hydrogen-bond acceptors (Lipinski definition) is 4. The molecule has 4 aromatic rings. The van der Waals surface area contributed by atoms with Gasteiger partial charge in [-0.2, -0.15) is 9.40 Å². The lowest BCUT2D eigenvalue weighted by atomic mass is 10.0. The van der Waals surface area contributed by atoms with E-state index in [1.165, 1.54) is 28.6 Å². The SMILES string of the molecule is CCN(CC)S(=O)(=O)c1ccc(C(=O)Nc2ccnn2Cc2cccc3ccccc23)cc1. The number of nitrogens with one attached hydrogen (secondary N) is 1. The van der Waals surface area contributed by atoms with Crippen molar-refractivity contribution < 1.29 is 13.2 Å². The highest BCUT2D eigenvalue weighted by molar-refractivity contribution is 7.89. The average molecular weight is 463 g/mol. The number of carbonyl (C=O) groups excluding carboxylic acids is 1. The van der Waals surface area contributed by atoms with Crippen molar-refractivity contribution in [2.45, 2.75) is 25.3 Å². The van der Waals surface area contributed by atoms with E-state index in [2.05, 4.69) is 28.6 Å². The minimum Gasteiger partial charge on any atom is -0.307 e. The number of nitrogens with zero attached hydrogens (tertiary/aromatic N) is 3. The van der Waals surface area contributed by atoms with E-state index in [-0.39, 0.29) is 10.8 Å². The van der Waals surface area contributed by atoms with Crippen LogP contribution < -0.4 is 5.32 Å². The Morgan fingerprint density at radius 2 is 1.64 bits per heavy atom. The van der Waals surface area contributed by atoms with Crippen LogP contribution in [0.5, 0.6) is 0 Å². The molecule has 0 saturated heterocycles. The molecule has 33 heavy (non-hydrogen) atoms. The summed E-state index contributed by atoms with van der Waals surface area (Å²) in [7, 11) is -3.57. The Bertz CT molecular complexity index is 1370. The van der Waals surface area contributed by atoms with Crippen LogP contribution in [-0.4, -0.2) is 41.5 Å². The van der Waals surface area contributed by atoms with Gasteiger partial charge in [0.05, 0.1) is 17.6 Å². The van der Waals surface area contributed by atoms with Gasteiger partial charge in [-0.05, 0) is 40.6 Å². The van der Waals surface area contributed by atoms with Gasteiger partial charge >= 0.3 is 0 Å². The zero-order valence-corrected chi connectivity index (χ0v) is 19.4. The van der Waals surface area contributed by atoms with Crippen molar-refractivity contribution >= 4 is 32.5 Å². The van der Waals surface area contributed by atoms with Crippen molar-refractivity contribution in [1.82, 2.24) is 14.1 Å². The standard InChI is InChI=1S/C25H26N4O3S/c1-3-28(4-2)33(31,32)22-14-12-20(13-15-22)25(30)27-24-16-17-26-29(24)18-21-10-7-9-19-8-5-6-11-23(19)21/h5-17H,3-4,18H2,1-2H3,(H,27,30). The van der Waals surface area contributed by atoms with Crippen LogP contribution in [0.1, 0.15) is 29.8 Å². The third kappa shape index (κ3) is 4.67. The van der Waals surface area contributed by atoms with Crippen molar-refractivity contribution in [3.05, 3.63) is 90.1 Å². The molecular weight excluding hydrogens is 436 g/mol. The maximum Gasteiger partial charge on any atom is 0.256 e. The molecule has 0 spiro atoms. The summed E-state index contributed by atoms with van der Waals surface area (Å²) >= 11 is 0. The molecule has 0 atom stereocenters. The molecule has 1 aromatic heterocycles. The zero-order valence-electron chi connectivity index (χ0n) is 18.6. The van der Waals surface area contributed by atoms with E-state index < -0.39 is 10.0 Å². The third-order valence-electron chi connectivity index (χ3n) is 5.62. The predicted molar refractivity (Wildman–Crippen MR) is 130 cm³/mol. The highest BCUT2D eigenvalue weighted by atomic mass is 32.2. The molecule has 170 valence electrons. The molecule has 0 saturated carbocycles. The molecule has 0 aliphatic heterocycles. The molecule has 0 aliphatic carbocycles. The summed E-state index contributed by atoms with van der Waals surface area (Å²) in [5.74, 6) is 0.231. The molecule has 3 aromatic carbocycles. The number of hydrogen-bond donors (Lipinski definition) is 1. The Hall–Kier alpha value is -3.49. The molecule has 8 heteroatoms. The molecule has 4 rings (SSSR count). The van der Waals surface area contributed by atoms with Crippen molar-refractivity contribution in [3.8, 4) is 0 Å². The molecule has 1 amide bonds. The quantitative estimate of drug-likeness (QED) is 0.421. The lowest BCUT2D eigenvalue weighted by Gasteiger charge is -2.18. The highest BCUT2D eigenvalue weighted by Crippen LogP contribution is 2.21. The first-order valence-electron chi connectivity index (χ1n) is 10.8. The van der Waals surface area contributed by atoms with Crippen LogP contribution in [0.25, 0.3) is 10.8 Å². The Balaban J connectivity index is 1.52. The van der Waals surface area contributed by atoms with Gasteiger partial charge in [0.2, 0.25) is 10.0 Å². The number of sulfonamides is 1. The molecule has 0 aliphatic rings. The van der Waals surface area contributed by atoms with Crippen molar-refractivity contribution in [1.29, 1.82) is 0 Å². The number of amides is 1. The Kier molecular flexibility index (Phi) is 6.57. The van der Waals surface area contributed by atoms with Gasteiger partial charge in [-0.25, -0.2) is 13.1 Å². The first-order valence-corrected chi connectivity index (χ1v) is 12.3. The van der Waals surface area contributed by atoms with Gasteiger partial charge < -0.3 is 5.32 Å². The molecule has 7 nitrogen and oxygen atoms in total. The Morgan fingerprint density at radius 3 is 2.36 bits per heavy atom. The van der Waals surface area contributed by atoms with Crippen LogP contribution in [0.4, 0.5) is 5.82 Å². The van der Waals surface area contributed by atoms with Crippen molar-refractivity contribution in [2.75, 3.05) is 18.4 Å². The van der Waals surface area contributed by atoms with Gasteiger partial charge in [-0.15, -0.1) is 0 Å². The molecular formula is C25H26N4O3S. The lowest BCUT2D eigenvalue weighted by molar-refractivity contribution is 0.102. The second-order valence-corrected chi connectivity index (χ2v) is 9.52. The summed E-state index contributed by atoms with van der Waals surface area (Å²) in [5, 5.41) is 9.53. The van der Waals surface area contributed by atoms with Crippen LogP contribution in [0, 0.1) is 0 Å². The summed E-state index contributed by atoms with van der Waals surface area (Å²) < 4.78 is 28.4. The minimum absolute atomic E-state index is 0.170. The van der Waals surface area contributed by atoms with Gasteiger partial charge in [0, 0.05) is 24.7 Å². The highest BCUT2D eigenvalue weighted by Gasteiger charge is 2.22. The van der Waals surface area contributed by atoms with Crippen LogP contribution >= 0.6 is 0 Å². The van der Waals surface area contributed by atoms with E-state index in [1.807, 2.05) is 24.3 Å². The maximum atomic E-state index is 12.8. The predicted octanol–water partition coefficient (Wildman–Crippen LogP) is 4.37. The summed E-state index contributed by atoms with van der Waals surface area (Å²) in [6, 6.07) is 22.0. The Morgan fingerprint density at radius 1 is 0.939 bits per heavy atom. The zero-order chi connectivity index (χ0) is 23.4. The smallest absolute Gasteiger partial charge is 0.256 e. The number of anilines is 1. The van der Waals surface area contributed by atoms with Crippen molar-refractivity contribution in [3.63, 3.8) is 0 Å². The normalized spacial score (nSPS) is 11.7. The van der Waals surface area contributed by atoms with Crippen LogP contribution in [-0.2, 0) is 16.6 Å². The summed E-state index contributed by atoms with van der Waals surface area (Å²) in [4.78, 5) is 13.0. The van der Waals surface area contributed by atoms with Gasteiger partial charge in [-0.3, -0.25) is 4.79 Å². The summed E-state index contributed by atoms with van der Waals surface area (Å²) in [5.41, 5.74) is 1.46. The van der Waals surface area contributed by atoms with Gasteiger partial charge in [0.15, 0.2) is 0 Å². The summed E-state index contributed by atoms with van der Waals surface area (Å²) in [6.45, 7) is 4.88. The number of fused-ring (bicyclic) bond motifs is 1. The van der Waals surface area contributed by atoms with Crippen LogP contribution in [0.15, 0.2) is 83.9 Å². The first-order chi connectivity index (χ1) is 15.9. The second-order valence-electron chi connectivity index (χ2n) is 7.58. The fraction of sp³-hybridized carbons (Fsp3) is 0.200. The number of carbonyl (C=O) groups is 1. The van der Waals surface area contributed by atoms with E-state index in [0.717, 1.165) is 16.3 Å². The van der Waals surface area contributed by atoms with Gasteiger partial charge in [0.25, 0.3) is 5.91 Å². The van der Waals surface area contributed by atoms with E-state index in [9.17, 15) is 13.2 Å². The lowest BCUT2D eigenvalue weighted by Crippen LogP contribution is -2.30. The minimum atomic E-state index is -3.57. The molecule has 0 radical (unpaired) electrons. The molecule has 0 unspecified atom stereocenters. The molecule has 1 N–H and O–H groups in total. The summed E-state index contributed by atoms with van der Waals surface area (Å²) in [6.07, 6.45) is 1.64. The fourth-order valence-corrected chi connectivity index (χ4v) is 5.29. The van der Waals surface area contributed by atoms with E-state index in [0.29, 0.717) is 31.0 Å². The van der Waals surface area contributed by atoms with Crippen LogP contribution in [0.2, 0.25) is 0 Å². The van der Waals surface area contributed by atoms with Crippen molar-refractivity contribution in [2.24, 2.45) is 0 Å². The van der Waals surface area contributed by atoms with E-state index >= 15 is 0 Å². The molecule has 0 fully saturated rings. The topological polar surface area (TPSA) is 84.3 Å². The third-order valence-corrected chi connectivity index (χ3v) is 7.68. The fourth-order valence-electron chi connectivity index (χ4n) is 3.84. The monoisotopic (exact) mass is 462 g/mol. The van der Waals surface area contributed by atoms with Crippen LogP contribution in [0.3, 0.4) is 0 Å². The number of benzene rings is 3. The average Bonchev–Trinajstić information content (AvgIpc) is 3.26. The van der Waals surface area contributed by atoms with Gasteiger partial charge in [-0.1, -0.05) is 56.3 Å². The number of aromatic nitrogens is 2. The van der Waals surface area contributed by atoms with E-state index in [1.54, 1.807) is 30.8 Å². The largest absolute Gasteiger partial charge is 0.307 e. The second kappa shape index (κ2) is 9.56. The van der Waals surface area contributed by atoms with E-state index in [4.69, 9.17) is 0 Å². The molecule has 1 heterocycles. The maximum absolute atomic E-state index is 12.8. The molecule has 0 bridgehead atoms. The first kappa shape index (κ1) is 22.7. The van der Waals surface area contributed by atoms with Gasteiger partial charge in [0.1, 0.15) is 5.82 Å².